The Morgan fingerprint density at radius 1 is 1.17 bits per heavy atom. The largest absolute Gasteiger partial charge is 0.479 e. The van der Waals surface area contributed by atoms with E-state index in [2.05, 4.69) is 15.6 Å². The van der Waals surface area contributed by atoms with Crippen LogP contribution in [0.25, 0.3) is 10.2 Å². The minimum Gasteiger partial charge on any atom is -0.479 e. The van der Waals surface area contributed by atoms with Crippen molar-refractivity contribution < 1.29 is 28.6 Å². The summed E-state index contributed by atoms with van der Waals surface area (Å²) in [6, 6.07) is 12.3. The summed E-state index contributed by atoms with van der Waals surface area (Å²) in [5, 5.41) is 16.5. The van der Waals surface area contributed by atoms with Crippen LogP contribution in [0, 0.1) is 11.7 Å². The Balaban J connectivity index is 1.28. The van der Waals surface area contributed by atoms with Crippen LogP contribution in [0.3, 0.4) is 0 Å². The summed E-state index contributed by atoms with van der Waals surface area (Å²) in [5.74, 6) is -2.49. The number of halogens is 1. The van der Waals surface area contributed by atoms with Crippen molar-refractivity contribution in [1.29, 1.82) is 0 Å². The maximum Gasteiger partial charge on any atom is 0.330 e. The quantitative estimate of drug-likeness (QED) is 0.366. The normalized spacial score (nSPS) is 29.0. The molecule has 2 fully saturated rings. The third-order valence-corrected chi connectivity index (χ3v) is 9.24. The number of carboxylic acids is 1. The summed E-state index contributed by atoms with van der Waals surface area (Å²) in [6.07, 6.45) is 7.90. The molecule has 1 aliphatic carbocycles. The van der Waals surface area contributed by atoms with Gasteiger partial charge in [-0.15, -0.1) is 0 Å². The second-order valence-electron chi connectivity index (χ2n) is 11.3. The number of aliphatic carboxylic acids is 1. The zero-order chi connectivity index (χ0) is 29.3. The molecule has 42 heavy (non-hydrogen) atoms. The van der Waals surface area contributed by atoms with Gasteiger partial charge in [-0.2, -0.15) is 0 Å². The lowest BCUT2D eigenvalue weighted by Crippen LogP contribution is -2.55. The molecule has 3 aromatic rings. The lowest BCUT2D eigenvalue weighted by Gasteiger charge is -2.30. The van der Waals surface area contributed by atoms with E-state index in [0.717, 1.165) is 31.4 Å². The lowest BCUT2D eigenvalue weighted by molar-refractivity contribution is -0.145. The zero-order valence-corrected chi connectivity index (χ0v) is 23.8. The molecule has 2 aliphatic heterocycles. The van der Waals surface area contributed by atoms with Gasteiger partial charge in [-0.25, -0.2) is 14.2 Å². The summed E-state index contributed by atoms with van der Waals surface area (Å²) in [5.41, 5.74) is 0.0266. The fourth-order valence-electron chi connectivity index (χ4n) is 5.95. The Labute approximate surface area is 246 Å². The van der Waals surface area contributed by atoms with Crippen LogP contribution in [-0.2, 0) is 14.4 Å². The number of ether oxygens (including phenoxy) is 1. The second-order valence-corrected chi connectivity index (χ2v) is 12.3. The van der Waals surface area contributed by atoms with Gasteiger partial charge in [-0.1, -0.05) is 54.5 Å². The molecule has 2 aromatic carbocycles. The highest BCUT2D eigenvalue weighted by Crippen LogP contribution is 2.45. The highest BCUT2D eigenvalue weighted by molar-refractivity contribution is 7.20. The Hall–Kier alpha value is -3.99. The first kappa shape index (κ1) is 28.1. The molecule has 1 saturated heterocycles. The smallest absolute Gasteiger partial charge is 0.330 e. The number of carboxylic acid groups (broad SMARTS) is 1. The molecule has 0 unspecified atom stereocenters. The standard InChI is InChI=1S/C31H33FN4O5S/c32-20-13-14-23-26(15-20)42-30(34-23)41-22-16-25-27(37)35-31(29(39)40)17-19(31)9-5-2-1-3-8-12-24(28(38)36(25)18-22)33-21-10-6-4-7-11-21/h4-7,9-11,13-15,19,22,24-25,33H,1-3,8,12,16-18H2,(H,35,37)(H,39,40)/b9-5-/t19-,22-,24+,25+,31-/m1/s1. The maximum atomic E-state index is 14.1. The molecule has 1 aromatic heterocycles. The average Bonchev–Trinajstić information content (AvgIpc) is 3.29. The van der Waals surface area contributed by atoms with Crippen LogP contribution in [0.1, 0.15) is 44.9 Å². The number of para-hydroxylation sites is 1. The van der Waals surface area contributed by atoms with Crippen molar-refractivity contribution in [2.75, 3.05) is 11.9 Å². The number of thiazole rings is 1. The summed E-state index contributed by atoms with van der Waals surface area (Å²) >= 11 is 1.20. The van der Waals surface area contributed by atoms with Gasteiger partial charge in [0.05, 0.1) is 16.8 Å². The predicted octanol–water partition coefficient (Wildman–Crippen LogP) is 4.74. The Morgan fingerprint density at radius 2 is 2.00 bits per heavy atom. The average molecular weight is 593 g/mol. The predicted molar refractivity (Wildman–Crippen MR) is 157 cm³/mol. The Bertz CT molecular complexity index is 1510. The van der Waals surface area contributed by atoms with Crippen molar-refractivity contribution in [2.45, 2.75) is 68.7 Å². The number of hydrogen-bond donors (Lipinski definition) is 3. The number of aromatic nitrogens is 1. The van der Waals surface area contributed by atoms with Crippen LogP contribution in [0.15, 0.2) is 60.7 Å². The van der Waals surface area contributed by atoms with Crippen LogP contribution >= 0.6 is 11.3 Å². The number of carbonyl (C=O) groups is 3. The van der Waals surface area contributed by atoms with E-state index in [1.807, 2.05) is 42.5 Å². The molecule has 220 valence electrons. The molecular weight excluding hydrogens is 559 g/mol. The van der Waals surface area contributed by atoms with E-state index in [-0.39, 0.29) is 30.6 Å². The molecule has 3 heterocycles. The molecule has 6 rings (SSSR count). The van der Waals surface area contributed by atoms with Crippen molar-refractivity contribution in [1.82, 2.24) is 15.2 Å². The van der Waals surface area contributed by atoms with E-state index in [4.69, 9.17) is 4.74 Å². The van der Waals surface area contributed by atoms with E-state index < -0.39 is 35.6 Å². The van der Waals surface area contributed by atoms with Gasteiger partial charge in [0.2, 0.25) is 11.8 Å². The molecule has 2 amide bonds. The highest BCUT2D eigenvalue weighted by atomic mass is 32.1. The van der Waals surface area contributed by atoms with Gasteiger partial charge in [0.25, 0.3) is 5.19 Å². The zero-order valence-electron chi connectivity index (χ0n) is 23.0. The van der Waals surface area contributed by atoms with E-state index in [0.29, 0.717) is 28.3 Å². The number of nitrogens with one attached hydrogen (secondary N) is 2. The maximum absolute atomic E-state index is 14.1. The first-order chi connectivity index (χ1) is 20.3. The van der Waals surface area contributed by atoms with Crippen molar-refractivity contribution in [2.24, 2.45) is 5.92 Å². The SMILES string of the molecule is O=C1N[C@]2(C(=O)O)C[C@H]2/C=C\CCCCC[C@H](Nc2ccccc2)C(=O)N2C[C@H](Oc3nc4ccc(F)cc4s3)C[C@@H]12. The van der Waals surface area contributed by atoms with Crippen LogP contribution in [0.2, 0.25) is 0 Å². The molecule has 9 nitrogen and oxygen atoms in total. The van der Waals surface area contributed by atoms with Crippen LogP contribution in [0.4, 0.5) is 10.1 Å². The molecule has 3 aliphatic rings. The van der Waals surface area contributed by atoms with Crippen LogP contribution in [0.5, 0.6) is 5.19 Å². The minimum absolute atomic E-state index is 0.136. The molecule has 1 saturated carbocycles. The fourth-order valence-corrected chi connectivity index (χ4v) is 6.86. The third kappa shape index (κ3) is 5.83. The number of benzene rings is 2. The summed E-state index contributed by atoms with van der Waals surface area (Å²) in [7, 11) is 0. The number of nitrogens with zero attached hydrogens (tertiary/aromatic N) is 2. The van der Waals surface area contributed by atoms with Crippen molar-refractivity contribution in [3.05, 3.63) is 66.5 Å². The van der Waals surface area contributed by atoms with Gasteiger partial charge in [0, 0.05) is 18.0 Å². The van der Waals surface area contributed by atoms with Crippen molar-refractivity contribution in [3.8, 4) is 5.19 Å². The number of rotatable bonds is 5. The monoisotopic (exact) mass is 592 g/mol. The summed E-state index contributed by atoms with van der Waals surface area (Å²) in [4.78, 5) is 46.1. The van der Waals surface area contributed by atoms with Gasteiger partial charge in [-0.05, 0) is 56.0 Å². The third-order valence-electron chi connectivity index (χ3n) is 8.33. The number of carbonyl (C=O) groups excluding carboxylic acids is 2. The Morgan fingerprint density at radius 3 is 2.81 bits per heavy atom. The van der Waals surface area contributed by atoms with E-state index in [1.54, 1.807) is 6.07 Å². The van der Waals surface area contributed by atoms with Gasteiger partial charge in [-0.3, -0.25) is 9.59 Å². The molecule has 0 bridgehead atoms. The topological polar surface area (TPSA) is 121 Å². The van der Waals surface area contributed by atoms with Crippen LogP contribution < -0.4 is 15.4 Å². The first-order valence-electron chi connectivity index (χ1n) is 14.4. The number of fused-ring (bicyclic) bond motifs is 3. The van der Waals surface area contributed by atoms with E-state index in [9.17, 15) is 23.9 Å². The van der Waals surface area contributed by atoms with E-state index >= 15 is 0 Å². The fraction of sp³-hybridized carbons (Fsp3) is 0.419. The number of allylic oxidation sites excluding steroid dienone is 1. The number of amides is 2. The summed E-state index contributed by atoms with van der Waals surface area (Å²) < 4.78 is 20.5. The number of anilines is 1. The lowest BCUT2D eigenvalue weighted by atomic mass is 10.0. The summed E-state index contributed by atoms with van der Waals surface area (Å²) in [6.45, 7) is 0.136. The van der Waals surface area contributed by atoms with Crippen molar-refractivity contribution >= 4 is 45.0 Å². The van der Waals surface area contributed by atoms with Crippen molar-refractivity contribution in [3.63, 3.8) is 0 Å². The van der Waals surface area contributed by atoms with Gasteiger partial charge in [0.15, 0.2) is 0 Å². The van der Waals surface area contributed by atoms with Crippen LogP contribution in [-0.4, -0.2) is 63.0 Å². The molecular formula is C31H33FN4O5S. The van der Waals surface area contributed by atoms with Gasteiger partial charge in [0.1, 0.15) is 29.5 Å². The molecule has 5 atom stereocenters. The van der Waals surface area contributed by atoms with E-state index in [1.165, 1.54) is 28.4 Å². The molecule has 0 radical (unpaired) electrons. The number of hydrogen-bond acceptors (Lipinski definition) is 7. The second kappa shape index (κ2) is 11.7. The highest BCUT2D eigenvalue weighted by Gasteiger charge is 2.61. The first-order valence-corrected chi connectivity index (χ1v) is 15.2. The molecule has 3 N–H and O–H groups in total. The molecule has 11 heteroatoms. The van der Waals surface area contributed by atoms with Gasteiger partial charge < -0.3 is 25.4 Å². The molecule has 0 spiro atoms. The minimum atomic E-state index is -1.37. The van der Waals surface area contributed by atoms with Gasteiger partial charge >= 0.3 is 5.97 Å². The Kier molecular flexibility index (Phi) is 7.85.